The molecule has 0 atom stereocenters. The van der Waals surface area contributed by atoms with E-state index >= 15 is 0 Å². The first-order valence-corrected chi connectivity index (χ1v) is 12.8. The van der Waals surface area contributed by atoms with E-state index in [0.29, 0.717) is 0 Å². The molecule has 0 fully saturated rings. The van der Waals surface area contributed by atoms with Gasteiger partial charge in [0.2, 0.25) is 0 Å². The molecule has 1 aliphatic rings. The van der Waals surface area contributed by atoms with Crippen molar-refractivity contribution in [2.45, 2.75) is 80.3 Å². The van der Waals surface area contributed by atoms with Crippen LogP contribution in [-0.4, -0.2) is 9.52 Å². The fraction of sp³-hybridized carbons (Fsp3) is 0.481. The van der Waals surface area contributed by atoms with Gasteiger partial charge in [0, 0.05) is 35.4 Å². The normalized spacial score (nSPS) is 12.0. The number of hydrogen-bond donors (Lipinski definition) is 0. The standard InChI is InChI=1S/C16H19.C9H13.C2H6Si.Hf/c1-11(2)8-14-6-7-15-9-12-4-3-5-13(12)10-16(14)15;1-6-5-7(2)9(4)8(6)3;1-3-2;/h6-7,9-11H,3-5,8H2,1-2H3;5H,1-4H3;1-2H3;/q2*-1;;. The fourth-order valence-corrected chi connectivity index (χ4v) is 4.09. The van der Waals surface area contributed by atoms with Gasteiger partial charge in [-0.15, -0.1) is 35.0 Å². The molecule has 3 aromatic rings. The van der Waals surface area contributed by atoms with Gasteiger partial charge in [0.05, 0.1) is 0 Å². The van der Waals surface area contributed by atoms with Gasteiger partial charge in [0.15, 0.2) is 0 Å². The summed E-state index contributed by atoms with van der Waals surface area (Å²) in [6.07, 6.45) is 5.14. The third-order valence-corrected chi connectivity index (χ3v) is 5.88. The van der Waals surface area contributed by atoms with Crippen LogP contribution in [0, 0.1) is 33.6 Å². The molecule has 0 amide bonds. The van der Waals surface area contributed by atoms with Crippen molar-refractivity contribution in [2.24, 2.45) is 5.92 Å². The summed E-state index contributed by atoms with van der Waals surface area (Å²) in [5.74, 6) is 0.749. The van der Waals surface area contributed by atoms with Gasteiger partial charge in [-0.25, -0.2) is 0 Å². The second kappa shape index (κ2) is 12.2. The minimum absolute atomic E-state index is 0. The van der Waals surface area contributed by atoms with Crippen LogP contribution in [0.2, 0.25) is 13.1 Å². The number of benzene rings is 1. The van der Waals surface area contributed by atoms with E-state index in [0.717, 1.165) is 15.4 Å². The number of fused-ring (bicyclic) bond motifs is 2. The molecular weight excluding hydrogens is 531 g/mol. The maximum absolute atomic E-state index is 2.45. The molecule has 3 aromatic carbocycles. The van der Waals surface area contributed by atoms with Gasteiger partial charge in [-0.2, -0.15) is 33.9 Å². The summed E-state index contributed by atoms with van der Waals surface area (Å²) in [6, 6.07) is 11.7. The van der Waals surface area contributed by atoms with Crippen LogP contribution in [-0.2, 0) is 45.1 Å². The van der Waals surface area contributed by atoms with Crippen molar-refractivity contribution < 1.29 is 25.8 Å². The Morgan fingerprint density at radius 2 is 1.45 bits per heavy atom. The maximum atomic E-state index is 2.45. The van der Waals surface area contributed by atoms with Gasteiger partial charge in [-0.1, -0.05) is 78.1 Å². The molecule has 4 rings (SSSR count). The minimum atomic E-state index is 0. The smallest absolute Gasteiger partial charge is 0.0307 e. The maximum Gasteiger partial charge on any atom is 0.0307 e. The number of hydrogen-bond acceptors (Lipinski definition) is 0. The molecule has 0 N–H and O–H groups in total. The third kappa shape index (κ3) is 6.89. The molecule has 29 heavy (non-hydrogen) atoms. The van der Waals surface area contributed by atoms with Gasteiger partial charge < -0.3 is 0 Å². The number of rotatable bonds is 2. The van der Waals surface area contributed by atoms with Gasteiger partial charge in [0.1, 0.15) is 0 Å². The third-order valence-electron chi connectivity index (χ3n) is 5.88. The van der Waals surface area contributed by atoms with E-state index in [-0.39, 0.29) is 25.8 Å². The molecule has 0 heterocycles. The van der Waals surface area contributed by atoms with E-state index < -0.39 is 0 Å². The zero-order valence-electron chi connectivity index (χ0n) is 19.8. The average Bonchev–Trinajstić information content (AvgIpc) is 3.30. The molecule has 0 spiro atoms. The summed E-state index contributed by atoms with van der Waals surface area (Å²) in [6.45, 7) is 17.6. The molecule has 2 radical (unpaired) electrons. The van der Waals surface area contributed by atoms with Crippen molar-refractivity contribution in [1.29, 1.82) is 0 Å². The minimum Gasteiger partial charge on any atom is -0.196 e. The summed E-state index contributed by atoms with van der Waals surface area (Å²) >= 11 is 0. The monoisotopic (exact) mass is 570 g/mol. The van der Waals surface area contributed by atoms with Crippen LogP contribution in [0.3, 0.4) is 0 Å². The first kappa shape index (κ1) is 26.3. The molecule has 0 aromatic heterocycles. The predicted molar refractivity (Wildman–Crippen MR) is 129 cm³/mol. The Hall–Kier alpha value is -0.733. The molecule has 156 valence electrons. The predicted octanol–water partition coefficient (Wildman–Crippen LogP) is 7.67. The summed E-state index contributed by atoms with van der Waals surface area (Å²) in [5, 5.41) is 2.96. The van der Waals surface area contributed by atoms with Gasteiger partial charge >= 0.3 is 0 Å². The molecule has 0 saturated heterocycles. The van der Waals surface area contributed by atoms with Crippen molar-refractivity contribution in [3.63, 3.8) is 0 Å². The first-order chi connectivity index (χ1) is 13.3. The molecule has 1 aliphatic carbocycles. The van der Waals surface area contributed by atoms with E-state index in [2.05, 4.69) is 85.0 Å². The van der Waals surface area contributed by atoms with Crippen molar-refractivity contribution in [3.8, 4) is 0 Å². The van der Waals surface area contributed by atoms with E-state index in [9.17, 15) is 0 Å². The van der Waals surface area contributed by atoms with E-state index in [1.54, 1.807) is 16.7 Å². The Balaban J connectivity index is 0.000000277. The van der Waals surface area contributed by atoms with Crippen molar-refractivity contribution >= 4 is 20.3 Å². The zero-order chi connectivity index (χ0) is 20.8. The molecule has 0 nitrogen and oxygen atoms in total. The van der Waals surface area contributed by atoms with Gasteiger partial charge in [0.25, 0.3) is 0 Å². The average molecular weight is 569 g/mol. The summed E-state index contributed by atoms with van der Waals surface area (Å²) in [5.41, 5.74) is 10.5. The van der Waals surface area contributed by atoms with Crippen LogP contribution in [0.15, 0.2) is 30.3 Å². The molecular formula is C27H38HfSi-2. The fourth-order valence-electron chi connectivity index (χ4n) is 4.09. The zero-order valence-corrected chi connectivity index (χ0v) is 24.4. The Morgan fingerprint density at radius 3 is 1.90 bits per heavy atom. The summed E-state index contributed by atoms with van der Waals surface area (Å²) < 4.78 is 0. The SMILES string of the molecule is CC(C)Cc1c[cH-]c2cc3c(cc12)CCC3.C[Si]C.Cc1[cH-]c(C)c(C)c1C.[Hf]. The molecule has 0 unspecified atom stereocenters. The molecule has 0 bridgehead atoms. The molecule has 0 saturated carbocycles. The van der Waals surface area contributed by atoms with Crippen LogP contribution >= 0.6 is 0 Å². The van der Waals surface area contributed by atoms with Crippen molar-refractivity contribution in [2.75, 3.05) is 0 Å². The largest absolute Gasteiger partial charge is 0.196 e. The summed E-state index contributed by atoms with van der Waals surface area (Å²) in [7, 11) is 1.08. The van der Waals surface area contributed by atoms with E-state index in [4.69, 9.17) is 0 Å². The van der Waals surface area contributed by atoms with E-state index in [1.165, 1.54) is 58.7 Å². The Kier molecular flexibility index (Phi) is 11.1. The van der Waals surface area contributed by atoms with Crippen molar-refractivity contribution in [1.82, 2.24) is 0 Å². The molecule has 0 aliphatic heterocycles. The second-order valence-corrected chi connectivity index (χ2v) is 9.78. The van der Waals surface area contributed by atoms with Crippen molar-refractivity contribution in [3.05, 3.63) is 69.3 Å². The second-order valence-electron chi connectivity index (χ2n) is 8.78. The molecule has 2 heteroatoms. The Morgan fingerprint density at radius 1 is 0.931 bits per heavy atom. The summed E-state index contributed by atoms with van der Waals surface area (Å²) in [4.78, 5) is 0. The first-order valence-electron chi connectivity index (χ1n) is 10.8. The van der Waals surface area contributed by atoms with Crippen LogP contribution in [0.4, 0.5) is 0 Å². The Labute approximate surface area is 200 Å². The quantitative estimate of drug-likeness (QED) is 0.220. The van der Waals surface area contributed by atoms with E-state index in [1.807, 2.05) is 0 Å². The Bertz CT molecular complexity index is 873. The number of aryl methyl sites for hydroxylation is 4. The topological polar surface area (TPSA) is 0 Å². The van der Waals surface area contributed by atoms with Gasteiger partial charge in [-0.05, 0) is 19.3 Å². The van der Waals surface area contributed by atoms with Crippen LogP contribution in [0.5, 0.6) is 0 Å². The van der Waals surface area contributed by atoms with Gasteiger partial charge in [-0.3, -0.25) is 0 Å². The van der Waals surface area contributed by atoms with Crippen LogP contribution < -0.4 is 0 Å². The van der Waals surface area contributed by atoms with Crippen LogP contribution in [0.25, 0.3) is 10.8 Å². The van der Waals surface area contributed by atoms with Crippen LogP contribution in [0.1, 0.15) is 59.2 Å².